The van der Waals surface area contributed by atoms with Crippen LogP contribution in [0.25, 0.3) is 0 Å². The molecule has 11 heteroatoms. The number of ether oxygens (including phenoxy) is 2. The number of hydrogen-bond donors (Lipinski definition) is 4. The Balaban J connectivity index is 1.57. The zero-order chi connectivity index (χ0) is 30.3. The highest BCUT2D eigenvalue weighted by atomic mass is 35.5. The summed E-state index contributed by atoms with van der Waals surface area (Å²) in [5, 5.41) is 19.9. The number of hydrogen-bond acceptors (Lipinski definition) is 7. The van der Waals surface area contributed by atoms with Crippen molar-refractivity contribution in [3.63, 3.8) is 0 Å². The van der Waals surface area contributed by atoms with Gasteiger partial charge < -0.3 is 30.7 Å². The average molecular weight is 604 g/mol. The molecule has 0 spiro atoms. The van der Waals surface area contributed by atoms with Crippen LogP contribution in [0.3, 0.4) is 0 Å². The Morgan fingerprint density at radius 1 is 1.19 bits per heavy atom. The van der Waals surface area contributed by atoms with Crippen LogP contribution in [-0.2, 0) is 15.1 Å². The molecule has 0 radical (unpaired) electrons. The van der Waals surface area contributed by atoms with Gasteiger partial charge >= 0.3 is 5.98 Å². The Bertz CT molecular complexity index is 1390. The van der Waals surface area contributed by atoms with Crippen LogP contribution in [0.2, 0.25) is 0 Å². The summed E-state index contributed by atoms with van der Waals surface area (Å²) in [5.74, 6) is -4.35. The molecule has 0 bridgehead atoms. The van der Waals surface area contributed by atoms with Crippen LogP contribution in [0.15, 0.2) is 65.2 Å². The van der Waals surface area contributed by atoms with Crippen LogP contribution >= 0.6 is 11.6 Å². The fourth-order valence-corrected chi connectivity index (χ4v) is 6.39. The predicted molar refractivity (Wildman–Crippen MR) is 155 cm³/mol. The summed E-state index contributed by atoms with van der Waals surface area (Å²) < 4.78 is 42.9. The lowest BCUT2D eigenvalue weighted by Crippen LogP contribution is -2.49. The van der Waals surface area contributed by atoms with Crippen molar-refractivity contribution in [3.05, 3.63) is 76.9 Å². The van der Waals surface area contributed by atoms with E-state index in [-0.39, 0.29) is 17.7 Å². The molecule has 1 aliphatic carbocycles. The second-order valence-corrected chi connectivity index (χ2v) is 12.1. The van der Waals surface area contributed by atoms with Gasteiger partial charge in [0.1, 0.15) is 5.75 Å². The van der Waals surface area contributed by atoms with Crippen molar-refractivity contribution < 1.29 is 33.3 Å². The van der Waals surface area contributed by atoms with Gasteiger partial charge in [0.05, 0.1) is 30.1 Å². The van der Waals surface area contributed by atoms with Gasteiger partial charge in [-0.2, -0.15) is 4.39 Å². The lowest BCUT2D eigenvalue weighted by atomic mass is 9.77. The van der Waals surface area contributed by atoms with E-state index in [0.29, 0.717) is 42.3 Å². The van der Waals surface area contributed by atoms with Crippen molar-refractivity contribution in [1.82, 2.24) is 5.32 Å². The Hall–Kier alpha value is -2.89. The molecule has 0 saturated heterocycles. The summed E-state index contributed by atoms with van der Waals surface area (Å²) in [7, 11) is 0. The molecule has 2 aromatic carbocycles. The standard InChI is InChI=1S/C31H36ClF2N3O5/c1-19-25-22(26-23(27(35)39)17-30(32,33)31(34,37-26)41-16-15-38)9-6-10-24(25)42-29(19,20-7-4-3-5-8-20)18-36-21-11-13-28(2,40)14-12-21/h3-10,17,19,21,36,38,40H,11-16,18H2,1-2H3,(H2,35,39)/t19-,21?,28?,29-,30?,31?/m0/s1. The normalized spacial score (nSPS) is 34.3. The maximum Gasteiger partial charge on any atom is 0.360 e. The van der Waals surface area contributed by atoms with Gasteiger partial charge in [-0.3, -0.25) is 4.79 Å². The molecule has 3 aliphatic rings. The number of benzene rings is 2. The predicted octanol–water partition coefficient (Wildman–Crippen LogP) is 4.11. The van der Waals surface area contributed by atoms with Crippen molar-refractivity contribution >= 4 is 23.2 Å². The number of carbonyl (C=O) groups excluding carboxylic acids is 1. The summed E-state index contributed by atoms with van der Waals surface area (Å²) in [6, 6.07) is 15.0. The van der Waals surface area contributed by atoms with E-state index >= 15 is 8.78 Å². The summed E-state index contributed by atoms with van der Waals surface area (Å²) in [4.78, 5) is 16.4. The topological polar surface area (TPSA) is 126 Å². The first-order valence-corrected chi connectivity index (χ1v) is 14.5. The Morgan fingerprint density at radius 3 is 2.52 bits per heavy atom. The first-order valence-electron chi connectivity index (χ1n) is 14.1. The highest BCUT2D eigenvalue weighted by molar-refractivity contribution is 6.32. The number of nitrogens with zero attached hydrogens (tertiary/aromatic N) is 1. The molecule has 4 atom stereocenters. The van der Waals surface area contributed by atoms with Gasteiger partial charge in [-0.15, -0.1) is 0 Å². The number of nitrogens with two attached hydrogens (primary N) is 1. The lowest BCUT2D eigenvalue weighted by Gasteiger charge is -2.38. The van der Waals surface area contributed by atoms with Crippen LogP contribution in [0.1, 0.15) is 62.1 Å². The average Bonchev–Trinajstić information content (AvgIpc) is 3.25. The van der Waals surface area contributed by atoms with Crippen molar-refractivity contribution in [2.24, 2.45) is 10.7 Å². The van der Waals surface area contributed by atoms with Crippen molar-refractivity contribution in [1.29, 1.82) is 0 Å². The van der Waals surface area contributed by atoms with Crippen LogP contribution in [0.5, 0.6) is 5.75 Å². The fourth-order valence-electron chi connectivity index (χ4n) is 6.18. The number of aliphatic imine (C=N–C) groups is 1. The van der Waals surface area contributed by atoms with Gasteiger partial charge in [-0.25, -0.2) is 9.38 Å². The van der Waals surface area contributed by atoms with Gasteiger partial charge in [0.25, 0.3) is 11.0 Å². The molecule has 226 valence electrons. The number of amides is 1. The van der Waals surface area contributed by atoms with E-state index in [4.69, 9.17) is 26.8 Å². The third-order valence-corrected chi connectivity index (χ3v) is 8.96. The number of fused-ring (bicyclic) bond motifs is 1. The first kappa shape index (κ1) is 30.6. The second kappa shape index (κ2) is 11.3. The second-order valence-electron chi connectivity index (χ2n) is 11.6. The van der Waals surface area contributed by atoms with E-state index in [0.717, 1.165) is 18.4 Å². The van der Waals surface area contributed by atoms with Crippen LogP contribution in [-0.4, -0.2) is 64.3 Å². The Kier molecular flexibility index (Phi) is 8.23. The zero-order valence-corrected chi connectivity index (χ0v) is 24.3. The van der Waals surface area contributed by atoms with E-state index < -0.39 is 47.0 Å². The monoisotopic (exact) mass is 603 g/mol. The third kappa shape index (κ3) is 5.46. The quantitative estimate of drug-likeness (QED) is 0.252. The molecule has 2 aliphatic heterocycles. The van der Waals surface area contributed by atoms with E-state index in [1.807, 2.05) is 44.2 Å². The third-order valence-electron chi connectivity index (χ3n) is 8.62. The minimum absolute atomic E-state index is 0.175. The van der Waals surface area contributed by atoms with Crippen molar-refractivity contribution in [2.75, 3.05) is 19.8 Å². The molecular formula is C31H36ClF2N3O5. The number of carbonyl (C=O) groups is 1. The van der Waals surface area contributed by atoms with E-state index in [2.05, 4.69) is 10.3 Å². The van der Waals surface area contributed by atoms with E-state index in [1.165, 1.54) is 0 Å². The molecule has 5 rings (SSSR count). The number of halogens is 3. The summed E-state index contributed by atoms with van der Waals surface area (Å²) >= 11 is 5.82. The maximum absolute atomic E-state index is 15.9. The Morgan fingerprint density at radius 2 is 1.88 bits per heavy atom. The summed E-state index contributed by atoms with van der Waals surface area (Å²) in [5.41, 5.74) is 5.25. The van der Waals surface area contributed by atoms with E-state index in [1.54, 1.807) is 18.2 Å². The number of dihydropyridines is 1. The Labute approximate surface area is 248 Å². The molecule has 2 heterocycles. The molecule has 8 nitrogen and oxygen atoms in total. The number of rotatable bonds is 9. The van der Waals surface area contributed by atoms with Crippen LogP contribution < -0.4 is 15.8 Å². The number of nitrogens with one attached hydrogen (secondary N) is 1. The van der Waals surface area contributed by atoms with Crippen LogP contribution in [0, 0.1) is 0 Å². The molecule has 1 saturated carbocycles. The molecule has 0 aromatic heterocycles. The van der Waals surface area contributed by atoms with Crippen molar-refractivity contribution in [2.45, 2.75) is 73.8 Å². The van der Waals surface area contributed by atoms with Gasteiger partial charge in [-0.1, -0.05) is 61.0 Å². The smallest absolute Gasteiger partial charge is 0.360 e. The molecule has 42 heavy (non-hydrogen) atoms. The summed E-state index contributed by atoms with van der Waals surface area (Å²) in [6.45, 7) is 3.06. The highest BCUT2D eigenvalue weighted by Gasteiger charge is 2.57. The molecule has 5 N–H and O–H groups in total. The SMILES string of the molecule is C[C@H]1c2c(cccc2C2=NC(F)(OCCO)C(F)(Cl)C=C2C(N)=O)O[C@]1(CNC1CCC(C)(O)CC1)c1ccccc1. The highest BCUT2D eigenvalue weighted by Crippen LogP contribution is 2.53. The lowest BCUT2D eigenvalue weighted by molar-refractivity contribution is -0.188. The summed E-state index contributed by atoms with van der Waals surface area (Å²) in [6.07, 6.45) is 3.56. The van der Waals surface area contributed by atoms with Crippen molar-refractivity contribution in [3.8, 4) is 5.75 Å². The van der Waals surface area contributed by atoms with Gasteiger partial charge in [0.2, 0.25) is 0 Å². The van der Waals surface area contributed by atoms with Gasteiger partial charge in [0.15, 0.2) is 5.60 Å². The number of primary amides is 1. The van der Waals surface area contributed by atoms with Gasteiger partial charge in [0, 0.05) is 29.6 Å². The minimum Gasteiger partial charge on any atom is -0.480 e. The first-order chi connectivity index (χ1) is 19.8. The largest absolute Gasteiger partial charge is 0.480 e. The molecule has 2 aromatic rings. The molecule has 1 fully saturated rings. The molecule has 2 unspecified atom stereocenters. The number of alkyl halides is 3. The molecule has 1 amide bonds. The molecular weight excluding hydrogens is 568 g/mol. The van der Waals surface area contributed by atoms with E-state index in [9.17, 15) is 15.0 Å². The zero-order valence-electron chi connectivity index (χ0n) is 23.6. The number of aliphatic hydroxyl groups excluding tert-OH is 1. The maximum atomic E-state index is 15.9. The number of aliphatic hydroxyl groups is 2. The van der Waals surface area contributed by atoms with Gasteiger partial charge in [-0.05, 0) is 50.3 Å². The fraction of sp³-hybridized carbons (Fsp3) is 0.484. The minimum atomic E-state index is -3.43. The van der Waals surface area contributed by atoms with Crippen LogP contribution in [0.4, 0.5) is 8.78 Å².